The summed E-state index contributed by atoms with van der Waals surface area (Å²) in [6, 6.07) is 6.31. The second kappa shape index (κ2) is 4.54. The summed E-state index contributed by atoms with van der Waals surface area (Å²) in [4.78, 5) is 0. The first-order valence-electron chi connectivity index (χ1n) is 5.68. The third-order valence-electron chi connectivity index (χ3n) is 3.42. The normalized spacial score (nSPS) is 18.6. The largest absolute Gasteiger partial charge is 0.324 e. The van der Waals surface area contributed by atoms with Crippen molar-refractivity contribution in [1.29, 1.82) is 0 Å². The Hall–Kier alpha value is -0.530. The molecule has 1 aliphatic carbocycles. The number of rotatable bonds is 3. The van der Waals surface area contributed by atoms with E-state index >= 15 is 0 Å². The summed E-state index contributed by atoms with van der Waals surface area (Å²) in [7, 11) is 0. The van der Waals surface area contributed by atoms with Crippen LogP contribution in [0.5, 0.6) is 0 Å². The van der Waals surface area contributed by atoms with Gasteiger partial charge in [0, 0.05) is 11.1 Å². The molecule has 1 saturated carbocycles. The van der Waals surface area contributed by atoms with E-state index in [1.807, 2.05) is 13.0 Å². The van der Waals surface area contributed by atoms with Crippen LogP contribution < -0.4 is 5.73 Å². The zero-order valence-electron chi connectivity index (χ0n) is 9.17. The van der Waals surface area contributed by atoms with E-state index in [4.69, 9.17) is 17.3 Å². The fraction of sp³-hybridized carbons (Fsp3) is 0.538. The van der Waals surface area contributed by atoms with Crippen molar-refractivity contribution in [2.45, 2.75) is 38.6 Å². The Kier molecular flexibility index (Phi) is 3.32. The van der Waals surface area contributed by atoms with Crippen molar-refractivity contribution in [2.75, 3.05) is 0 Å². The smallest absolute Gasteiger partial charge is 0.0435 e. The molecule has 1 aliphatic rings. The van der Waals surface area contributed by atoms with Crippen molar-refractivity contribution in [3.63, 3.8) is 0 Å². The SMILES string of the molecule is Cc1cc(C(N)CC2CCC2)ccc1Cl. The van der Waals surface area contributed by atoms with Crippen molar-refractivity contribution in [1.82, 2.24) is 0 Å². The lowest BCUT2D eigenvalue weighted by Gasteiger charge is -2.28. The Morgan fingerprint density at radius 2 is 2.20 bits per heavy atom. The van der Waals surface area contributed by atoms with E-state index in [-0.39, 0.29) is 6.04 Å². The fourth-order valence-corrected chi connectivity index (χ4v) is 2.24. The maximum atomic E-state index is 6.18. The Morgan fingerprint density at radius 1 is 1.47 bits per heavy atom. The maximum absolute atomic E-state index is 6.18. The fourth-order valence-electron chi connectivity index (χ4n) is 2.12. The van der Waals surface area contributed by atoms with E-state index in [2.05, 4.69) is 12.1 Å². The molecular weight excluding hydrogens is 206 g/mol. The lowest BCUT2D eigenvalue weighted by atomic mass is 9.80. The van der Waals surface area contributed by atoms with E-state index in [1.54, 1.807) is 0 Å². The lowest BCUT2D eigenvalue weighted by Crippen LogP contribution is -2.20. The highest BCUT2D eigenvalue weighted by molar-refractivity contribution is 6.31. The van der Waals surface area contributed by atoms with E-state index in [1.165, 1.54) is 24.8 Å². The van der Waals surface area contributed by atoms with E-state index in [9.17, 15) is 0 Å². The number of nitrogens with two attached hydrogens (primary N) is 1. The molecule has 0 heterocycles. The van der Waals surface area contributed by atoms with Gasteiger partial charge in [-0.15, -0.1) is 0 Å². The van der Waals surface area contributed by atoms with Gasteiger partial charge >= 0.3 is 0 Å². The quantitative estimate of drug-likeness (QED) is 0.828. The van der Waals surface area contributed by atoms with Gasteiger partial charge in [-0.05, 0) is 36.5 Å². The highest BCUT2D eigenvalue weighted by atomic mass is 35.5. The van der Waals surface area contributed by atoms with Crippen LogP contribution in [0, 0.1) is 12.8 Å². The van der Waals surface area contributed by atoms with Gasteiger partial charge in [-0.3, -0.25) is 0 Å². The van der Waals surface area contributed by atoms with Gasteiger partial charge in [-0.25, -0.2) is 0 Å². The first-order valence-corrected chi connectivity index (χ1v) is 6.06. The third kappa shape index (κ3) is 2.53. The molecule has 0 bridgehead atoms. The zero-order chi connectivity index (χ0) is 10.8. The summed E-state index contributed by atoms with van der Waals surface area (Å²) in [6.45, 7) is 2.03. The molecule has 1 atom stereocenters. The summed E-state index contributed by atoms with van der Waals surface area (Å²) < 4.78 is 0. The topological polar surface area (TPSA) is 26.0 Å². The molecule has 1 nitrogen and oxygen atoms in total. The molecule has 82 valence electrons. The molecule has 0 radical (unpaired) electrons. The summed E-state index contributed by atoms with van der Waals surface area (Å²) in [6.07, 6.45) is 5.23. The Bertz CT molecular complexity index is 344. The van der Waals surface area contributed by atoms with Crippen LogP contribution in [-0.4, -0.2) is 0 Å². The molecule has 1 fully saturated rings. The molecule has 2 N–H and O–H groups in total. The minimum Gasteiger partial charge on any atom is -0.324 e. The number of halogens is 1. The third-order valence-corrected chi connectivity index (χ3v) is 3.85. The Morgan fingerprint density at radius 3 is 2.73 bits per heavy atom. The monoisotopic (exact) mass is 223 g/mol. The number of benzene rings is 1. The van der Waals surface area contributed by atoms with Gasteiger partial charge in [0.25, 0.3) is 0 Å². The van der Waals surface area contributed by atoms with Crippen molar-refractivity contribution >= 4 is 11.6 Å². The van der Waals surface area contributed by atoms with E-state index in [0.29, 0.717) is 0 Å². The van der Waals surface area contributed by atoms with E-state index in [0.717, 1.165) is 22.9 Å². The number of hydrogen-bond acceptors (Lipinski definition) is 1. The van der Waals surface area contributed by atoms with Gasteiger partial charge in [-0.2, -0.15) is 0 Å². The highest BCUT2D eigenvalue weighted by Gasteiger charge is 2.21. The predicted octanol–water partition coefficient (Wildman–Crippen LogP) is 3.84. The van der Waals surface area contributed by atoms with Crippen LogP contribution in [0.4, 0.5) is 0 Å². The molecule has 0 spiro atoms. The first-order chi connectivity index (χ1) is 7.16. The van der Waals surface area contributed by atoms with Crippen LogP contribution >= 0.6 is 11.6 Å². The molecule has 0 saturated heterocycles. The molecular formula is C13H18ClN. The highest BCUT2D eigenvalue weighted by Crippen LogP contribution is 2.34. The van der Waals surface area contributed by atoms with Crippen molar-refractivity contribution < 1.29 is 0 Å². The lowest BCUT2D eigenvalue weighted by molar-refractivity contribution is 0.277. The summed E-state index contributed by atoms with van der Waals surface area (Å²) in [5, 5.41) is 0.828. The average molecular weight is 224 g/mol. The van der Waals surface area contributed by atoms with Crippen LogP contribution in [-0.2, 0) is 0 Å². The molecule has 15 heavy (non-hydrogen) atoms. The second-order valence-corrected chi connectivity index (χ2v) is 5.05. The standard InChI is InChI=1S/C13H18ClN/c1-9-7-11(5-6-12(9)14)13(15)8-10-3-2-4-10/h5-7,10,13H,2-4,8,15H2,1H3. The van der Waals surface area contributed by atoms with Gasteiger partial charge in [0.15, 0.2) is 0 Å². The van der Waals surface area contributed by atoms with Gasteiger partial charge in [-0.1, -0.05) is 43.0 Å². The number of aryl methyl sites for hydroxylation is 1. The molecule has 2 rings (SSSR count). The van der Waals surface area contributed by atoms with Crippen LogP contribution in [0.1, 0.15) is 42.9 Å². The van der Waals surface area contributed by atoms with Gasteiger partial charge < -0.3 is 5.73 Å². The maximum Gasteiger partial charge on any atom is 0.0435 e. The van der Waals surface area contributed by atoms with Crippen LogP contribution in [0.25, 0.3) is 0 Å². The molecule has 1 aromatic rings. The van der Waals surface area contributed by atoms with Gasteiger partial charge in [0.2, 0.25) is 0 Å². The summed E-state index contributed by atoms with van der Waals surface area (Å²) in [5.41, 5.74) is 8.53. The Labute approximate surface area is 96.6 Å². The van der Waals surface area contributed by atoms with Crippen LogP contribution in [0.15, 0.2) is 18.2 Å². The first kappa shape index (κ1) is 11.0. The molecule has 1 aromatic carbocycles. The van der Waals surface area contributed by atoms with Crippen molar-refractivity contribution in [2.24, 2.45) is 11.7 Å². The van der Waals surface area contributed by atoms with Gasteiger partial charge in [0.1, 0.15) is 0 Å². The van der Waals surface area contributed by atoms with Crippen LogP contribution in [0.3, 0.4) is 0 Å². The molecule has 1 unspecified atom stereocenters. The molecule has 0 aromatic heterocycles. The molecule has 2 heteroatoms. The zero-order valence-corrected chi connectivity index (χ0v) is 9.93. The van der Waals surface area contributed by atoms with Crippen molar-refractivity contribution in [3.8, 4) is 0 Å². The average Bonchev–Trinajstić information content (AvgIpc) is 2.15. The molecule has 0 amide bonds. The van der Waals surface area contributed by atoms with Crippen molar-refractivity contribution in [3.05, 3.63) is 34.3 Å². The minimum absolute atomic E-state index is 0.186. The molecule has 0 aliphatic heterocycles. The summed E-state index contributed by atoms with van der Waals surface area (Å²) >= 11 is 5.99. The van der Waals surface area contributed by atoms with E-state index < -0.39 is 0 Å². The van der Waals surface area contributed by atoms with Gasteiger partial charge in [0.05, 0.1) is 0 Å². The minimum atomic E-state index is 0.186. The number of hydrogen-bond donors (Lipinski definition) is 1. The summed E-state index contributed by atoms with van der Waals surface area (Å²) in [5.74, 6) is 0.857. The second-order valence-electron chi connectivity index (χ2n) is 4.65. The predicted molar refractivity (Wildman–Crippen MR) is 65.1 cm³/mol. The van der Waals surface area contributed by atoms with Crippen LogP contribution in [0.2, 0.25) is 5.02 Å². The Balaban J connectivity index is 2.03.